The molecule has 0 bridgehead atoms. The van der Waals surface area contributed by atoms with Crippen molar-refractivity contribution < 1.29 is 12.8 Å². The summed E-state index contributed by atoms with van der Waals surface area (Å²) in [5.74, 6) is -0.737. The van der Waals surface area contributed by atoms with Crippen molar-refractivity contribution in [2.45, 2.75) is 18.7 Å². The number of hydrogen-bond donors (Lipinski definition) is 0. The van der Waals surface area contributed by atoms with E-state index in [4.69, 9.17) is 0 Å². The van der Waals surface area contributed by atoms with Crippen molar-refractivity contribution in [3.05, 3.63) is 59.9 Å². The average Bonchev–Trinajstić information content (AvgIpc) is 2.39. The molecule has 2 aromatic rings. The molecule has 0 radical (unpaired) electrons. The fourth-order valence-electron chi connectivity index (χ4n) is 2.05. The topological polar surface area (TPSA) is 37.4 Å². The van der Waals surface area contributed by atoms with E-state index in [1.54, 1.807) is 25.1 Å². The molecule has 0 N–H and O–H groups in total. The maximum atomic E-state index is 13.8. The van der Waals surface area contributed by atoms with Crippen LogP contribution in [-0.2, 0) is 10.0 Å². The van der Waals surface area contributed by atoms with Gasteiger partial charge in [-0.15, -0.1) is 0 Å². The fraction of sp³-hybridized carbons (Fsp3) is 0.200. The number of hydrogen-bond acceptors (Lipinski definition) is 2. The van der Waals surface area contributed by atoms with E-state index in [0.717, 1.165) is 11.6 Å². The second-order valence-electron chi connectivity index (χ2n) is 4.44. The normalized spacial score (nSPS) is 11.3. The lowest BCUT2D eigenvalue weighted by Crippen LogP contribution is -2.31. The number of sulfonamides is 1. The van der Waals surface area contributed by atoms with Crippen LogP contribution in [0.2, 0.25) is 0 Å². The summed E-state index contributed by atoms with van der Waals surface area (Å²) in [5, 5.41) is 0. The van der Waals surface area contributed by atoms with E-state index in [9.17, 15) is 12.8 Å². The molecule has 3 nitrogen and oxygen atoms in total. The van der Waals surface area contributed by atoms with Crippen LogP contribution in [-0.4, -0.2) is 15.0 Å². The van der Waals surface area contributed by atoms with E-state index in [1.807, 2.05) is 13.0 Å². The van der Waals surface area contributed by atoms with Gasteiger partial charge in [-0.3, -0.25) is 4.31 Å². The van der Waals surface area contributed by atoms with Gasteiger partial charge in [0.25, 0.3) is 10.0 Å². The molecule has 0 atom stereocenters. The summed E-state index contributed by atoms with van der Waals surface area (Å²) in [6.45, 7) is 3.84. The molecule has 0 saturated carbocycles. The summed E-state index contributed by atoms with van der Waals surface area (Å²) in [4.78, 5) is -0.302. The minimum Gasteiger partial charge on any atom is -0.267 e. The van der Waals surface area contributed by atoms with Crippen LogP contribution in [0.1, 0.15) is 12.5 Å². The molecule has 0 aliphatic heterocycles. The Balaban J connectivity index is 2.54. The van der Waals surface area contributed by atoms with Crippen LogP contribution in [0.5, 0.6) is 0 Å². The third kappa shape index (κ3) is 2.67. The Labute approximate surface area is 118 Å². The van der Waals surface area contributed by atoms with E-state index in [-0.39, 0.29) is 11.4 Å². The van der Waals surface area contributed by atoms with Crippen molar-refractivity contribution in [2.75, 3.05) is 10.8 Å². The van der Waals surface area contributed by atoms with Crippen LogP contribution in [0.25, 0.3) is 0 Å². The Morgan fingerprint density at radius 3 is 2.40 bits per heavy atom. The summed E-state index contributed by atoms with van der Waals surface area (Å²) in [6, 6.07) is 12.5. The molecule has 0 spiro atoms. The molecule has 2 aromatic carbocycles. The minimum atomic E-state index is -3.89. The molecular formula is C15H16FNO2S. The first-order valence-electron chi connectivity index (χ1n) is 6.30. The summed E-state index contributed by atoms with van der Waals surface area (Å²) in [6.07, 6.45) is 0. The Hall–Kier alpha value is -1.88. The van der Waals surface area contributed by atoms with Crippen molar-refractivity contribution >= 4 is 15.7 Å². The highest BCUT2D eigenvalue weighted by Crippen LogP contribution is 2.25. The standard InChI is InChI=1S/C15H16FNO2S/c1-3-17(13-8-6-7-12(2)11-13)20(18,19)15-10-5-4-9-14(15)16/h4-11H,3H2,1-2H3. The molecule has 0 unspecified atom stereocenters. The van der Waals surface area contributed by atoms with Crippen LogP contribution >= 0.6 is 0 Å². The molecule has 0 aliphatic rings. The van der Waals surface area contributed by atoms with Gasteiger partial charge in [-0.2, -0.15) is 0 Å². The van der Waals surface area contributed by atoms with Gasteiger partial charge in [0.05, 0.1) is 5.69 Å². The van der Waals surface area contributed by atoms with Crippen LogP contribution in [0.15, 0.2) is 53.4 Å². The van der Waals surface area contributed by atoms with E-state index < -0.39 is 15.8 Å². The summed E-state index contributed by atoms with van der Waals surface area (Å²) >= 11 is 0. The monoisotopic (exact) mass is 293 g/mol. The smallest absolute Gasteiger partial charge is 0.267 e. The molecule has 0 saturated heterocycles. The van der Waals surface area contributed by atoms with Gasteiger partial charge >= 0.3 is 0 Å². The lowest BCUT2D eigenvalue weighted by molar-refractivity contribution is 0.564. The first kappa shape index (κ1) is 14.5. The number of halogens is 1. The van der Waals surface area contributed by atoms with Crippen LogP contribution in [0.4, 0.5) is 10.1 Å². The third-order valence-corrected chi connectivity index (χ3v) is 4.92. The van der Waals surface area contributed by atoms with E-state index in [0.29, 0.717) is 5.69 Å². The predicted octanol–water partition coefficient (Wildman–Crippen LogP) is 3.35. The molecule has 0 fully saturated rings. The Bertz CT molecular complexity index is 713. The second kappa shape index (κ2) is 5.63. The van der Waals surface area contributed by atoms with Crippen molar-refractivity contribution in [2.24, 2.45) is 0 Å². The van der Waals surface area contributed by atoms with E-state index in [1.165, 1.54) is 22.5 Å². The second-order valence-corrected chi connectivity index (χ2v) is 6.27. The van der Waals surface area contributed by atoms with Gasteiger partial charge < -0.3 is 0 Å². The lowest BCUT2D eigenvalue weighted by atomic mass is 10.2. The fourth-order valence-corrected chi connectivity index (χ4v) is 3.58. The van der Waals surface area contributed by atoms with Gasteiger partial charge in [0.1, 0.15) is 10.7 Å². The molecule has 106 valence electrons. The van der Waals surface area contributed by atoms with Gasteiger partial charge in [-0.05, 0) is 43.7 Å². The molecule has 0 amide bonds. The Kier molecular flexibility index (Phi) is 4.09. The molecule has 0 aliphatic carbocycles. The molecule has 0 aromatic heterocycles. The molecule has 2 rings (SSSR count). The van der Waals surface area contributed by atoms with Crippen LogP contribution < -0.4 is 4.31 Å². The molecule has 5 heteroatoms. The number of aryl methyl sites for hydroxylation is 1. The molecule has 20 heavy (non-hydrogen) atoms. The summed E-state index contributed by atoms with van der Waals surface area (Å²) in [5.41, 5.74) is 1.49. The van der Waals surface area contributed by atoms with Crippen molar-refractivity contribution in [1.82, 2.24) is 0 Å². The summed E-state index contributed by atoms with van der Waals surface area (Å²) < 4.78 is 40.1. The largest absolute Gasteiger partial charge is 0.267 e. The number of benzene rings is 2. The maximum absolute atomic E-state index is 13.8. The van der Waals surface area contributed by atoms with Crippen molar-refractivity contribution in [1.29, 1.82) is 0 Å². The first-order valence-corrected chi connectivity index (χ1v) is 7.74. The SMILES string of the molecule is CCN(c1cccc(C)c1)S(=O)(=O)c1ccccc1F. The van der Waals surface area contributed by atoms with Crippen LogP contribution in [0.3, 0.4) is 0 Å². The highest BCUT2D eigenvalue weighted by atomic mass is 32.2. The van der Waals surface area contributed by atoms with Gasteiger partial charge in [0, 0.05) is 6.54 Å². The van der Waals surface area contributed by atoms with E-state index >= 15 is 0 Å². The van der Waals surface area contributed by atoms with Crippen LogP contribution in [0, 0.1) is 12.7 Å². The third-order valence-electron chi connectivity index (χ3n) is 2.98. The quantitative estimate of drug-likeness (QED) is 0.867. The van der Waals surface area contributed by atoms with E-state index in [2.05, 4.69) is 0 Å². The van der Waals surface area contributed by atoms with Gasteiger partial charge in [-0.1, -0.05) is 24.3 Å². The maximum Gasteiger partial charge on any atom is 0.267 e. The molecule has 0 heterocycles. The lowest BCUT2D eigenvalue weighted by Gasteiger charge is -2.23. The van der Waals surface area contributed by atoms with Gasteiger partial charge in [0.2, 0.25) is 0 Å². The Morgan fingerprint density at radius 1 is 1.10 bits per heavy atom. The number of nitrogens with zero attached hydrogens (tertiary/aromatic N) is 1. The predicted molar refractivity (Wildman–Crippen MR) is 77.8 cm³/mol. The highest BCUT2D eigenvalue weighted by Gasteiger charge is 2.26. The summed E-state index contributed by atoms with van der Waals surface area (Å²) in [7, 11) is -3.89. The van der Waals surface area contributed by atoms with Crippen molar-refractivity contribution in [3.63, 3.8) is 0 Å². The Morgan fingerprint density at radius 2 is 1.80 bits per heavy atom. The zero-order chi connectivity index (χ0) is 14.8. The minimum absolute atomic E-state index is 0.236. The highest BCUT2D eigenvalue weighted by molar-refractivity contribution is 7.92. The van der Waals surface area contributed by atoms with Gasteiger partial charge in [0.15, 0.2) is 0 Å². The molecular weight excluding hydrogens is 277 g/mol. The number of rotatable bonds is 4. The van der Waals surface area contributed by atoms with Gasteiger partial charge in [-0.25, -0.2) is 12.8 Å². The van der Waals surface area contributed by atoms with Crippen molar-refractivity contribution in [3.8, 4) is 0 Å². The average molecular weight is 293 g/mol. The zero-order valence-corrected chi connectivity index (χ0v) is 12.2. The number of anilines is 1. The zero-order valence-electron chi connectivity index (χ0n) is 11.4. The first-order chi connectivity index (χ1) is 9.46.